The molecular formula is C13H18N4. The summed E-state index contributed by atoms with van der Waals surface area (Å²) in [4.78, 5) is 9.04. The lowest BCUT2D eigenvalue weighted by atomic mass is 10.2. The molecule has 1 fully saturated rings. The zero-order valence-electron chi connectivity index (χ0n) is 10.4. The summed E-state index contributed by atoms with van der Waals surface area (Å²) in [5, 5.41) is 8.84. The number of nitrogens with zero attached hydrogens (tertiary/aromatic N) is 4. The first-order chi connectivity index (χ1) is 8.20. The molecule has 17 heavy (non-hydrogen) atoms. The molecule has 0 N–H and O–H groups in total. The van der Waals surface area contributed by atoms with E-state index in [9.17, 15) is 0 Å². The minimum atomic E-state index is 0.494. The van der Waals surface area contributed by atoms with Gasteiger partial charge in [0.15, 0.2) is 0 Å². The highest BCUT2D eigenvalue weighted by Gasteiger charge is 2.19. The van der Waals surface area contributed by atoms with Gasteiger partial charge >= 0.3 is 0 Å². The molecule has 1 saturated heterocycles. The smallest absolute Gasteiger partial charge is 0.142 e. The molecular weight excluding hydrogens is 212 g/mol. The second kappa shape index (κ2) is 5.15. The van der Waals surface area contributed by atoms with Gasteiger partial charge in [-0.25, -0.2) is 4.98 Å². The average molecular weight is 230 g/mol. The summed E-state index contributed by atoms with van der Waals surface area (Å²) < 4.78 is 0. The molecule has 0 saturated carbocycles. The van der Waals surface area contributed by atoms with E-state index in [1.165, 1.54) is 0 Å². The van der Waals surface area contributed by atoms with Crippen LogP contribution in [0.4, 0.5) is 5.82 Å². The quantitative estimate of drug-likeness (QED) is 0.772. The highest BCUT2D eigenvalue weighted by molar-refractivity contribution is 5.42. The third-order valence-corrected chi connectivity index (χ3v) is 3.22. The van der Waals surface area contributed by atoms with Crippen molar-refractivity contribution in [1.82, 2.24) is 9.88 Å². The summed E-state index contributed by atoms with van der Waals surface area (Å²) in [5.41, 5.74) is 0.494. The Morgan fingerprint density at radius 3 is 2.53 bits per heavy atom. The number of aromatic nitrogens is 1. The maximum absolute atomic E-state index is 8.84. The molecule has 2 heterocycles. The third-order valence-electron chi connectivity index (χ3n) is 3.22. The number of nitriles is 1. The Kier molecular flexibility index (Phi) is 3.60. The number of pyridine rings is 1. The molecule has 1 aliphatic rings. The maximum atomic E-state index is 8.84. The van der Waals surface area contributed by atoms with Gasteiger partial charge in [0.05, 0.1) is 0 Å². The van der Waals surface area contributed by atoms with E-state index in [0.29, 0.717) is 11.7 Å². The highest BCUT2D eigenvalue weighted by Crippen LogP contribution is 2.14. The summed E-state index contributed by atoms with van der Waals surface area (Å²) in [6.07, 6.45) is 0. The lowest BCUT2D eigenvalue weighted by molar-refractivity contribution is 0.209. The summed E-state index contributed by atoms with van der Waals surface area (Å²) in [5.74, 6) is 0.924. The number of rotatable bonds is 2. The summed E-state index contributed by atoms with van der Waals surface area (Å²) >= 11 is 0. The molecule has 0 spiro atoms. The van der Waals surface area contributed by atoms with E-state index < -0.39 is 0 Å². The molecule has 0 bridgehead atoms. The van der Waals surface area contributed by atoms with Gasteiger partial charge in [-0.05, 0) is 26.0 Å². The molecule has 0 unspecified atom stereocenters. The maximum Gasteiger partial charge on any atom is 0.142 e. The Morgan fingerprint density at radius 1 is 1.24 bits per heavy atom. The standard InChI is InChI=1S/C13H18N4/c1-11(2)16-6-8-17(9-7-16)13-5-3-4-12(10-14)15-13/h3-5,11H,6-9H2,1-2H3. The van der Waals surface area contributed by atoms with Gasteiger partial charge in [-0.15, -0.1) is 0 Å². The molecule has 1 aromatic rings. The van der Waals surface area contributed by atoms with Crippen LogP contribution in [0.1, 0.15) is 19.5 Å². The van der Waals surface area contributed by atoms with Crippen LogP contribution in [-0.4, -0.2) is 42.1 Å². The van der Waals surface area contributed by atoms with Crippen molar-refractivity contribution in [2.24, 2.45) is 0 Å². The lowest BCUT2D eigenvalue weighted by Crippen LogP contribution is -2.49. The largest absolute Gasteiger partial charge is 0.354 e. The number of anilines is 1. The Bertz CT molecular complexity index is 414. The first-order valence-electron chi connectivity index (χ1n) is 6.07. The van der Waals surface area contributed by atoms with Crippen LogP contribution >= 0.6 is 0 Å². The normalized spacial score (nSPS) is 17.2. The molecule has 0 amide bonds. The summed E-state index contributed by atoms with van der Waals surface area (Å²) in [6.45, 7) is 8.56. The van der Waals surface area contributed by atoms with Crippen LogP contribution in [0.15, 0.2) is 18.2 Å². The van der Waals surface area contributed by atoms with Crippen molar-refractivity contribution in [1.29, 1.82) is 5.26 Å². The Labute approximate surface area is 102 Å². The van der Waals surface area contributed by atoms with Crippen molar-refractivity contribution in [3.05, 3.63) is 23.9 Å². The Hall–Kier alpha value is -1.60. The molecule has 1 aliphatic heterocycles. The molecule has 2 rings (SSSR count). The number of hydrogen-bond donors (Lipinski definition) is 0. The second-order valence-corrected chi connectivity index (χ2v) is 4.61. The van der Waals surface area contributed by atoms with Crippen LogP contribution in [0.25, 0.3) is 0 Å². The zero-order valence-corrected chi connectivity index (χ0v) is 10.4. The highest BCUT2D eigenvalue weighted by atomic mass is 15.3. The van der Waals surface area contributed by atoms with Gasteiger partial charge in [0, 0.05) is 32.2 Å². The van der Waals surface area contributed by atoms with Crippen LogP contribution in [0.2, 0.25) is 0 Å². The van der Waals surface area contributed by atoms with E-state index in [2.05, 4.69) is 34.7 Å². The lowest BCUT2D eigenvalue weighted by Gasteiger charge is -2.37. The molecule has 0 atom stereocenters. The van der Waals surface area contributed by atoms with Crippen molar-refractivity contribution < 1.29 is 0 Å². The summed E-state index contributed by atoms with van der Waals surface area (Å²) in [7, 11) is 0. The average Bonchev–Trinajstić information content (AvgIpc) is 2.39. The van der Waals surface area contributed by atoms with Gasteiger partial charge in [-0.2, -0.15) is 5.26 Å². The second-order valence-electron chi connectivity index (χ2n) is 4.61. The van der Waals surface area contributed by atoms with E-state index in [4.69, 9.17) is 5.26 Å². The molecule has 0 aromatic carbocycles. The molecule has 4 heteroatoms. The molecule has 4 nitrogen and oxygen atoms in total. The monoisotopic (exact) mass is 230 g/mol. The van der Waals surface area contributed by atoms with Crippen molar-refractivity contribution in [3.63, 3.8) is 0 Å². The van der Waals surface area contributed by atoms with Crippen LogP contribution < -0.4 is 4.90 Å². The van der Waals surface area contributed by atoms with Gasteiger partial charge in [0.1, 0.15) is 17.6 Å². The van der Waals surface area contributed by atoms with Crippen molar-refractivity contribution in [2.45, 2.75) is 19.9 Å². The molecule has 90 valence electrons. The predicted molar refractivity (Wildman–Crippen MR) is 67.9 cm³/mol. The van der Waals surface area contributed by atoms with Gasteiger partial charge in [-0.1, -0.05) is 6.07 Å². The number of hydrogen-bond acceptors (Lipinski definition) is 4. The van der Waals surface area contributed by atoms with E-state index in [1.54, 1.807) is 6.07 Å². The van der Waals surface area contributed by atoms with Crippen molar-refractivity contribution >= 4 is 5.82 Å². The fourth-order valence-electron chi connectivity index (χ4n) is 2.13. The van der Waals surface area contributed by atoms with E-state index in [0.717, 1.165) is 32.0 Å². The van der Waals surface area contributed by atoms with E-state index in [1.807, 2.05) is 12.1 Å². The zero-order chi connectivity index (χ0) is 12.3. The Balaban J connectivity index is 2.03. The van der Waals surface area contributed by atoms with Crippen molar-refractivity contribution in [3.8, 4) is 6.07 Å². The van der Waals surface area contributed by atoms with Gasteiger partial charge in [-0.3, -0.25) is 4.90 Å². The first kappa shape index (κ1) is 11.9. The predicted octanol–water partition coefficient (Wildman–Crippen LogP) is 1.48. The SMILES string of the molecule is CC(C)N1CCN(c2cccc(C#N)n2)CC1. The van der Waals surface area contributed by atoms with Gasteiger partial charge < -0.3 is 4.90 Å². The third kappa shape index (κ3) is 2.75. The van der Waals surface area contributed by atoms with Crippen LogP contribution in [0.3, 0.4) is 0 Å². The van der Waals surface area contributed by atoms with E-state index in [-0.39, 0.29) is 0 Å². The van der Waals surface area contributed by atoms with Crippen LogP contribution in [-0.2, 0) is 0 Å². The fraction of sp³-hybridized carbons (Fsp3) is 0.538. The summed E-state index contributed by atoms with van der Waals surface area (Å²) in [6, 6.07) is 8.31. The number of piperazine rings is 1. The van der Waals surface area contributed by atoms with E-state index >= 15 is 0 Å². The fourth-order valence-corrected chi connectivity index (χ4v) is 2.13. The molecule has 1 aromatic heterocycles. The molecule has 0 aliphatic carbocycles. The van der Waals surface area contributed by atoms with Gasteiger partial charge in [0.2, 0.25) is 0 Å². The minimum absolute atomic E-state index is 0.494. The van der Waals surface area contributed by atoms with Crippen LogP contribution in [0, 0.1) is 11.3 Å². The van der Waals surface area contributed by atoms with Crippen molar-refractivity contribution in [2.75, 3.05) is 31.1 Å². The van der Waals surface area contributed by atoms with Crippen LogP contribution in [0.5, 0.6) is 0 Å². The first-order valence-corrected chi connectivity index (χ1v) is 6.07. The molecule has 0 radical (unpaired) electrons. The topological polar surface area (TPSA) is 43.2 Å². The Morgan fingerprint density at radius 2 is 1.94 bits per heavy atom. The van der Waals surface area contributed by atoms with Gasteiger partial charge in [0.25, 0.3) is 0 Å². The minimum Gasteiger partial charge on any atom is -0.354 e.